The van der Waals surface area contributed by atoms with E-state index in [1.165, 1.54) is 0 Å². The van der Waals surface area contributed by atoms with Crippen LogP contribution in [0.2, 0.25) is 0 Å². The Bertz CT molecular complexity index is 1730. The van der Waals surface area contributed by atoms with E-state index in [-0.39, 0.29) is 5.91 Å². The fraction of sp³-hybridized carbons (Fsp3) is 0.125. The van der Waals surface area contributed by atoms with E-state index < -0.39 is 5.54 Å². The Morgan fingerprint density at radius 3 is 2.23 bits per heavy atom. The number of aromatic nitrogens is 2. The lowest BCUT2D eigenvalue weighted by Gasteiger charge is -2.37. The average Bonchev–Trinajstić information content (AvgIpc) is 3.48. The highest BCUT2D eigenvalue weighted by atomic mass is 16.5. The maximum atomic E-state index is 14.0. The van der Waals surface area contributed by atoms with Crippen molar-refractivity contribution in [2.75, 3.05) is 24.9 Å². The van der Waals surface area contributed by atoms with Crippen molar-refractivity contribution >= 4 is 17.4 Å². The summed E-state index contributed by atoms with van der Waals surface area (Å²) in [5, 5.41) is 11.9. The molecule has 1 unspecified atom stereocenters. The number of hydrogen-bond acceptors (Lipinski definition) is 5. The number of hydrogen-bond donors (Lipinski definition) is 2. The smallest absolute Gasteiger partial charge is 0.259 e. The van der Waals surface area contributed by atoms with Gasteiger partial charge in [-0.25, -0.2) is 4.68 Å². The molecule has 2 aliphatic rings. The van der Waals surface area contributed by atoms with Crippen LogP contribution in [-0.2, 0) is 16.8 Å². The van der Waals surface area contributed by atoms with Gasteiger partial charge in [0.15, 0.2) is 17.0 Å². The van der Waals surface area contributed by atoms with Gasteiger partial charge in [-0.05, 0) is 41.5 Å². The summed E-state index contributed by atoms with van der Waals surface area (Å²) in [6.07, 6.45) is 0.619. The molecule has 39 heavy (non-hydrogen) atoms. The number of rotatable bonds is 5. The van der Waals surface area contributed by atoms with Crippen LogP contribution in [0.1, 0.15) is 22.4 Å². The van der Waals surface area contributed by atoms with E-state index in [9.17, 15) is 4.79 Å². The highest BCUT2D eigenvalue weighted by molar-refractivity contribution is 6.13. The van der Waals surface area contributed by atoms with Crippen molar-refractivity contribution in [2.45, 2.75) is 12.0 Å². The van der Waals surface area contributed by atoms with Gasteiger partial charge < -0.3 is 20.1 Å². The molecule has 192 valence electrons. The summed E-state index contributed by atoms with van der Waals surface area (Å²) in [5.74, 6) is 1.73. The Labute approximate surface area is 226 Å². The number of methoxy groups -OCH3 is 2. The van der Waals surface area contributed by atoms with Crippen LogP contribution in [0.3, 0.4) is 0 Å². The number of benzene rings is 4. The Morgan fingerprint density at radius 2 is 1.49 bits per heavy atom. The maximum Gasteiger partial charge on any atom is 0.259 e. The number of para-hydroxylation sites is 2. The van der Waals surface area contributed by atoms with Crippen molar-refractivity contribution in [2.24, 2.45) is 0 Å². The van der Waals surface area contributed by atoms with E-state index in [2.05, 4.69) is 22.8 Å². The van der Waals surface area contributed by atoms with Gasteiger partial charge in [0.1, 0.15) is 5.82 Å². The van der Waals surface area contributed by atoms with Crippen LogP contribution in [0.15, 0.2) is 97.1 Å². The molecule has 2 N–H and O–H groups in total. The minimum Gasteiger partial charge on any atom is -0.493 e. The first kappa shape index (κ1) is 23.1. The van der Waals surface area contributed by atoms with Crippen molar-refractivity contribution in [3.05, 3.63) is 119 Å². The predicted octanol–water partition coefficient (Wildman–Crippen LogP) is 5.77. The monoisotopic (exact) mass is 514 g/mol. The zero-order valence-electron chi connectivity index (χ0n) is 21.6. The van der Waals surface area contributed by atoms with E-state index in [4.69, 9.17) is 14.6 Å². The predicted molar refractivity (Wildman–Crippen MR) is 151 cm³/mol. The third-order valence-corrected chi connectivity index (χ3v) is 7.60. The van der Waals surface area contributed by atoms with Crippen LogP contribution in [-0.4, -0.2) is 29.9 Å². The van der Waals surface area contributed by atoms with Gasteiger partial charge in [-0.1, -0.05) is 66.7 Å². The van der Waals surface area contributed by atoms with E-state index in [0.29, 0.717) is 17.9 Å². The molecule has 0 fully saturated rings. The zero-order chi connectivity index (χ0) is 26.6. The zero-order valence-corrected chi connectivity index (χ0v) is 21.6. The number of anilines is 2. The van der Waals surface area contributed by atoms with Gasteiger partial charge in [0.2, 0.25) is 0 Å². The molecule has 4 aromatic carbocycles. The highest BCUT2D eigenvalue weighted by Gasteiger charge is 2.53. The molecule has 7 heteroatoms. The van der Waals surface area contributed by atoms with Gasteiger partial charge in [-0.2, -0.15) is 5.10 Å². The molecule has 0 saturated carbocycles. The lowest BCUT2D eigenvalue weighted by Crippen LogP contribution is -2.46. The van der Waals surface area contributed by atoms with Gasteiger partial charge in [0.25, 0.3) is 5.91 Å². The summed E-state index contributed by atoms with van der Waals surface area (Å²) in [7, 11) is 3.23. The first-order chi connectivity index (χ1) is 19.1. The van der Waals surface area contributed by atoms with Gasteiger partial charge >= 0.3 is 0 Å². The lowest BCUT2D eigenvalue weighted by atomic mass is 9.76. The normalized spacial score (nSPS) is 16.6. The number of carbonyl (C=O) groups excluding carboxylic acids is 1. The van der Waals surface area contributed by atoms with Gasteiger partial charge in [0, 0.05) is 28.8 Å². The molecule has 7 rings (SSSR count). The molecule has 0 saturated heterocycles. The third-order valence-electron chi connectivity index (χ3n) is 7.60. The molecule has 1 atom stereocenters. The second-order valence-electron chi connectivity index (χ2n) is 9.71. The average molecular weight is 515 g/mol. The second-order valence-corrected chi connectivity index (χ2v) is 9.71. The lowest BCUT2D eigenvalue weighted by molar-refractivity contribution is -0.118. The van der Waals surface area contributed by atoms with E-state index in [1.54, 1.807) is 14.2 Å². The van der Waals surface area contributed by atoms with Crippen molar-refractivity contribution in [1.82, 2.24) is 9.78 Å². The van der Waals surface area contributed by atoms with Gasteiger partial charge in [-0.15, -0.1) is 0 Å². The molecule has 0 radical (unpaired) electrons. The molecule has 5 aromatic rings. The van der Waals surface area contributed by atoms with Crippen LogP contribution in [0.5, 0.6) is 11.5 Å². The maximum absolute atomic E-state index is 14.0. The fourth-order valence-electron chi connectivity index (χ4n) is 5.82. The van der Waals surface area contributed by atoms with E-state index >= 15 is 0 Å². The van der Waals surface area contributed by atoms with Crippen LogP contribution < -0.4 is 20.1 Å². The Morgan fingerprint density at radius 1 is 0.821 bits per heavy atom. The first-order valence-electron chi connectivity index (χ1n) is 12.8. The fourth-order valence-corrected chi connectivity index (χ4v) is 5.82. The molecular formula is C32H26N4O3. The van der Waals surface area contributed by atoms with Crippen LogP contribution in [0.4, 0.5) is 11.5 Å². The molecule has 1 aromatic heterocycles. The molecule has 0 aliphatic carbocycles. The summed E-state index contributed by atoms with van der Waals surface area (Å²) in [5.41, 5.74) is 5.96. The summed E-state index contributed by atoms with van der Waals surface area (Å²) in [6, 6.07) is 31.9. The number of ether oxygens (including phenoxy) is 2. The molecule has 1 amide bonds. The van der Waals surface area contributed by atoms with Crippen LogP contribution >= 0.6 is 0 Å². The summed E-state index contributed by atoms with van der Waals surface area (Å²) < 4.78 is 13.4. The van der Waals surface area contributed by atoms with E-state index in [0.717, 1.165) is 50.7 Å². The molecule has 2 aliphatic heterocycles. The molecule has 7 nitrogen and oxygen atoms in total. The van der Waals surface area contributed by atoms with Gasteiger partial charge in [-0.3, -0.25) is 4.79 Å². The van der Waals surface area contributed by atoms with Crippen molar-refractivity contribution in [3.63, 3.8) is 0 Å². The summed E-state index contributed by atoms with van der Waals surface area (Å²) >= 11 is 0. The molecule has 0 bridgehead atoms. The highest BCUT2D eigenvalue weighted by Crippen LogP contribution is 2.55. The minimum absolute atomic E-state index is 0.159. The topological polar surface area (TPSA) is 77.4 Å². The largest absolute Gasteiger partial charge is 0.493 e. The third kappa shape index (κ3) is 3.36. The van der Waals surface area contributed by atoms with Gasteiger partial charge in [0.05, 0.1) is 25.6 Å². The number of nitrogens with zero attached hydrogens (tertiary/aromatic N) is 2. The van der Waals surface area contributed by atoms with E-state index in [1.807, 2.05) is 89.6 Å². The van der Waals surface area contributed by atoms with Crippen LogP contribution in [0.25, 0.3) is 16.8 Å². The Balaban J connectivity index is 1.57. The molecule has 1 spiro atoms. The number of amides is 1. The number of fused-ring (bicyclic) bond motifs is 6. The summed E-state index contributed by atoms with van der Waals surface area (Å²) in [6.45, 7) is 0. The first-order valence-corrected chi connectivity index (χ1v) is 12.8. The summed E-state index contributed by atoms with van der Waals surface area (Å²) in [4.78, 5) is 14.0. The minimum atomic E-state index is -1.19. The van der Waals surface area contributed by atoms with Crippen molar-refractivity contribution < 1.29 is 14.3 Å². The Hall–Kier alpha value is -5.04. The standard InChI is InChI=1S/C32H26N4O3/c1-38-27-18-22-24(19-28(27)39-2)32(23-15-9-10-16-25(23)33-31(32)37)34-30-29(22)26(17-20-11-5-3-6-12-20)35-36(30)21-13-7-4-8-14-21/h3-16,18-19,34H,17H2,1-2H3,(H,33,37). The number of carbonyl (C=O) groups is 1. The second kappa shape index (κ2) is 8.77. The molecular weight excluding hydrogens is 488 g/mol. The number of nitrogens with one attached hydrogen (secondary N) is 2. The molecule has 3 heterocycles. The Kier molecular flexibility index (Phi) is 5.20. The quantitative estimate of drug-likeness (QED) is 0.312. The van der Waals surface area contributed by atoms with Crippen molar-refractivity contribution in [1.29, 1.82) is 0 Å². The van der Waals surface area contributed by atoms with Crippen molar-refractivity contribution in [3.8, 4) is 28.3 Å². The van der Waals surface area contributed by atoms with Crippen LogP contribution in [0, 0.1) is 0 Å². The SMILES string of the molecule is COc1cc2c(cc1OC)C1(Nc3c-2c(Cc2ccccc2)nn3-c2ccccc2)C(=O)Nc2ccccc21.